The van der Waals surface area contributed by atoms with Crippen LogP contribution in [0.15, 0.2) is 102 Å². The van der Waals surface area contributed by atoms with Gasteiger partial charge in [0.1, 0.15) is 0 Å². The molecule has 4 aliphatic rings. The third kappa shape index (κ3) is 16.3. The number of nitrogens with zero attached hydrogens (tertiary/aromatic N) is 4. The molecule has 6 rings (SSSR count). The minimum absolute atomic E-state index is 0.226. The van der Waals surface area contributed by atoms with Gasteiger partial charge < -0.3 is 21.3 Å². The minimum atomic E-state index is -1.69. The Morgan fingerprint density at radius 3 is 1.12 bits per heavy atom. The molecule has 2 atom stereocenters. The zero-order valence-corrected chi connectivity index (χ0v) is 47.4. The van der Waals surface area contributed by atoms with E-state index in [-0.39, 0.29) is 10.9 Å². The van der Waals surface area contributed by atoms with Crippen molar-refractivity contribution in [2.24, 2.45) is 10.8 Å². The molecule has 0 radical (unpaired) electrons. The molecule has 0 spiro atoms. The van der Waals surface area contributed by atoms with Gasteiger partial charge in [-0.2, -0.15) is 56.4 Å². The zero-order chi connectivity index (χ0) is 44.4. The van der Waals surface area contributed by atoms with E-state index in [4.69, 9.17) is 0 Å². The molecule has 0 aromatic heterocycles. The molecular formula is C50H80N4Si2Zr2. The van der Waals surface area contributed by atoms with E-state index in [2.05, 4.69) is 188 Å². The number of rotatable bonds is 4. The molecule has 4 nitrogen and oxygen atoms in total. The summed E-state index contributed by atoms with van der Waals surface area (Å²) in [4.78, 5) is 0. The first-order valence-corrected chi connectivity index (χ1v) is 38.5. The van der Waals surface area contributed by atoms with Gasteiger partial charge in [0.05, 0.1) is 0 Å². The Kier molecular flexibility index (Phi) is 25.7. The van der Waals surface area contributed by atoms with Gasteiger partial charge in [-0.15, -0.1) is 0 Å². The molecule has 8 heteroatoms. The molecule has 0 N–H and O–H groups in total. The van der Waals surface area contributed by atoms with Crippen molar-refractivity contribution in [1.82, 2.24) is 0 Å². The van der Waals surface area contributed by atoms with E-state index in [0.717, 1.165) is 7.25 Å². The molecule has 0 heterocycles. The summed E-state index contributed by atoms with van der Waals surface area (Å²) in [6.45, 7) is 29.3. The normalized spacial score (nSPS) is 17.3. The summed E-state index contributed by atoms with van der Waals surface area (Å²) >= 11 is -3.35. The summed E-state index contributed by atoms with van der Waals surface area (Å²) in [5.74, 6) is 0. The second kappa shape index (κ2) is 27.1. The molecule has 0 saturated heterocycles. The van der Waals surface area contributed by atoms with Crippen LogP contribution in [0, 0.1) is 10.8 Å². The van der Waals surface area contributed by atoms with E-state index < -0.39 is 40.7 Å². The van der Waals surface area contributed by atoms with Crippen molar-refractivity contribution in [2.45, 2.75) is 102 Å². The van der Waals surface area contributed by atoms with Crippen molar-refractivity contribution in [3.8, 4) is 0 Å². The first-order chi connectivity index (χ1) is 27.2. The third-order valence-corrected chi connectivity index (χ3v) is 47.2. The SMILES string of the molecule is CC1=[C]([Zr]([C]2=C(C)C=C(C(C)(C)C)C2)=[Si](C)C)CC(C(C)(C)C)=C1.C[N-]C.C[N-]C.C[N-]C.C[N-]C.C[Si](C)=[Zr+4]([CH]1C=Cc2ccccc21)[CH]1C=Cc2ccccc21. The van der Waals surface area contributed by atoms with E-state index in [9.17, 15) is 0 Å². The zero-order valence-electron chi connectivity index (χ0n) is 40.4. The van der Waals surface area contributed by atoms with Gasteiger partial charge in [0.2, 0.25) is 0 Å². The first-order valence-electron chi connectivity index (χ1n) is 20.9. The molecule has 2 aromatic rings. The molecule has 58 heavy (non-hydrogen) atoms. The fraction of sp³-hybridized carbons (Fsp3) is 0.520. The maximum absolute atomic E-state index is 3.50. The average molecular weight is 976 g/mol. The number of hydrogen-bond donors (Lipinski definition) is 0. The monoisotopic (exact) mass is 972 g/mol. The van der Waals surface area contributed by atoms with Crippen LogP contribution in [0.2, 0.25) is 26.2 Å². The fourth-order valence-electron chi connectivity index (χ4n) is 7.64. The predicted octanol–water partition coefficient (Wildman–Crippen LogP) is 15.0. The van der Waals surface area contributed by atoms with E-state index in [1.54, 1.807) is 89.8 Å². The van der Waals surface area contributed by atoms with Crippen molar-refractivity contribution < 1.29 is 40.7 Å². The molecule has 316 valence electrons. The van der Waals surface area contributed by atoms with Crippen molar-refractivity contribution >= 4 is 23.0 Å². The van der Waals surface area contributed by atoms with Crippen molar-refractivity contribution in [3.05, 3.63) is 145 Å². The van der Waals surface area contributed by atoms with E-state index >= 15 is 0 Å². The number of allylic oxidation sites excluding steroid dienone is 10. The van der Waals surface area contributed by atoms with E-state index in [1.807, 2.05) is 6.56 Å². The van der Waals surface area contributed by atoms with Crippen LogP contribution in [0.5, 0.6) is 0 Å². The third-order valence-electron chi connectivity index (χ3n) is 10.3. The second-order valence-electron chi connectivity index (χ2n) is 18.1. The Morgan fingerprint density at radius 1 is 0.552 bits per heavy atom. The fourth-order valence-corrected chi connectivity index (χ4v) is 44.9. The van der Waals surface area contributed by atoms with Gasteiger partial charge in [-0.25, -0.2) is 0 Å². The van der Waals surface area contributed by atoms with Crippen LogP contribution in [-0.4, -0.2) is 67.2 Å². The van der Waals surface area contributed by atoms with Gasteiger partial charge in [-0.1, -0.05) is 0 Å². The molecule has 4 aliphatic carbocycles. The average Bonchev–Trinajstić information content (AvgIpc) is 3.93. The molecule has 2 aromatic carbocycles. The molecule has 0 amide bonds. The van der Waals surface area contributed by atoms with Crippen LogP contribution < -0.4 is 0 Å². The standard InChI is InChI=1S/2C10H15.2C9H7.4C2H6N.2C2H6Si.2Zr/c2*1-8-5-6-9(7-8)10(2,3)4;2*1-2-5-9-7-3-6-8(9)4-1;6*1-3-2;;/h2*7H,6H2,1-4H3;2*1-7H;6*1-2H3;;/q;;;;4*-1;;;;+4. The second-order valence-corrected chi connectivity index (χ2v) is 53.3. The maximum atomic E-state index is 3.50. The van der Waals surface area contributed by atoms with Crippen molar-refractivity contribution in [2.75, 3.05) is 56.4 Å². The van der Waals surface area contributed by atoms with E-state index in [0.29, 0.717) is 10.8 Å². The van der Waals surface area contributed by atoms with E-state index in [1.165, 1.54) is 24.0 Å². The van der Waals surface area contributed by atoms with Crippen LogP contribution in [0.3, 0.4) is 0 Å². The van der Waals surface area contributed by atoms with Gasteiger partial charge in [-0.3, -0.25) is 0 Å². The molecule has 0 fully saturated rings. The van der Waals surface area contributed by atoms with Crippen molar-refractivity contribution in [1.29, 1.82) is 0 Å². The van der Waals surface area contributed by atoms with Gasteiger partial charge in [0, 0.05) is 0 Å². The molecule has 0 bridgehead atoms. The van der Waals surface area contributed by atoms with Crippen LogP contribution in [-0.2, 0) is 40.7 Å². The number of benzene rings is 2. The summed E-state index contributed by atoms with van der Waals surface area (Å²) in [6, 6.07) is 18.1. The van der Waals surface area contributed by atoms with Crippen molar-refractivity contribution in [3.63, 3.8) is 0 Å². The summed E-state index contributed by atoms with van der Waals surface area (Å²) < 4.78 is 5.37. The first kappa shape index (κ1) is 54.9. The summed E-state index contributed by atoms with van der Waals surface area (Å²) in [5, 5.41) is 14.0. The molecule has 2 unspecified atom stereocenters. The molecular weight excluding hydrogens is 895 g/mol. The Hall–Kier alpha value is -1.08. The Labute approximate surface area is 374 Å². The summed E-state index contributed by atoms with van der Waals surface area (Å²) in [5.41, 5.74) is 12.9. The van der Waals surface area contributed by atoms with Crippen LogP contribution in [0.4, 0.5) is 0 Å². The van der Waals surface area contributed by atoms with Gasteiger partial charge in [0.15, 0.2) is 0 Å². The Balaban J connectivity index is 0.000000457. The topological polar surface area (TPSA) is 56.4 Å². The van der Waals surface area contributed by atoms with Crippen LogP contribution in [0.1, 0.15) is 97.7 Å². The number of hydrogen-bond acceptors (Lipinski definition) is 0. The predicted molar refractivity (Wildman–Crippen MR) is 262 cm³/mol. The molecule has 0 aliphatic heterocycles. The van der Waals surface area contributed by atoms with Gasteiger partial charge >= 0.3 is 300 Å². The molecule has 0 saturated carbocycles. The Morgan fingerprint density at radius 2 is 0.862 bits per heavy atom. The van der Waals surface area contributed by atoms with Gasteiger partial charge in [-0.05, 0) is 0 Å². The quantitative estimate of drug-likeness (QED) is 0.274. The number of fused-ring (bicyclic) bond motifs is 2. The van der Waals surface area contributed by atoms with Crippen LogP contribution in [0.25, 0.3) is 33.4 Å². The van der Waals surface area contributed by atoms with Crippen LogP contribution >= 0.6 is 0 Å². The van der Waals surface area contributed by atoms with Gasteiger partial charge in [0.25, 0.3) is 0 Å². The Bertz CT molecular complexity index is 1760. The summed E-state index contributed by atoms with van der Waals surface area (Å²) in [6.07, 6.45) is 17.4. The summed E-state index contributed by atoms with van der Waals surface area (Å²) in [7, 11) is 14.0.